The lowest BCUT2D eigenvalue weighted by Gasteiger charge is -2.33. The lowest BCUT2D eigenvalue weighted by molar-refractivity contribution is -0.163. The van der Waals surface area contributed by atoms with Crippen molar-refractivity contribution in [2.75, 3.05) is 0 Å². The molecule has 2 unspecified atom stereocenters. The van der Waals surface area contributed by atoms with Crippen molar-refractivity contribution in [3.05, 3.63) is 34.6 Å². The number of benzene rings is 1. The van der Waals surface area contributed by atoms with E-state index in [0.717, 1.165) is 5.56 Å². The summed E-state index contributed by atoms with van der Waals surface area (Å²) < 4.78 is 52.2. The van der Waals surface area contributed by atoms with Crippen molar-refractivity contribution in [2.45, 2.75) is 51.4 Å². The van der Waals surface area contributed by atoms with Crippen LogP contribution in [0.4, 0.5) is 17.6 Å². The molecule has 0 aromatic heterocycles. The number of piperidine rings is 1. The Morgan fingerprint density at radius 1 is 1.16 bits per heavy atom. The topological polar surface area (TPSA) is 12.0 Å². The van der Waals surface area contributed by atoms with Crippen molar-refractivity contribution in [1.29, 1.82) is 0 Å². The Hall–Kier alpha value is -1.10. The molecule has 1 fully saturated rings. The van der Waals surface area contributed by atoms with Crippen molar-refractivity contribution < 1.29 is 17.6 Å². The van der Waals surface area contributed by atoms with Crippen LogP contribution in [-0.2, 0) is 0 Å². The van der Waals surface area contributed by atoms with E-state index in [9.17, 15) is 17.6 Å². The molecule has 0 radical (unpaired) electrons. The largest absolute Gasteiger partial charge is 0.403 e. The van der Waals surface area contributed by atoms with Gasteiger partial charge in [-0.1, -0.05) is 6.07 Å². The highest BCUT2D eigenvalue weighted by molar-refractivity contribution is 5.34. The van der Waals surface area contributed by atoms with Gasteiger partial charge in [0.25, 0.3) is 0 Å². The lowest BCUT2D eigenvalue weighted by Crippen LogP contribution is -2.47. The molecule has 1 aromatic rings. The summed E-state index contributed by atoms with van der Waals surface area (Å²) in [4.78, 5) is 0. The Balaban J connectivity index is 2.27. The zero-order chi connectivity index (χ0) is 14.2. The molecule has 0 amide bonds. The first-order chi connectivity index (χ1) is 8.79. The summed E-state index contributed by atoms with van der Waals surface area (Å²) in [5.41, 5.74) is 1.86. The van der Waals surface area contributed by atoms with Gasteiger partial charge in [0.05, 0.1) is 0 Å². The highest BCUT2D eigenvalue weighted by atomic mass is 19.4. The molecule has 1 heterocycles. The smallest absolute Gasteiger partial charge is 0.299 e. The maximum absolute atomic E-state index is 14.0. The number of alkyl halides is 3. The first-order valence-corrected chi connectivity index (χ1v) is 6.38. The Morgan fingerprint density at radius 2 is 1.84 bits per heavy atom. The van der Waals surface area contributed by atoms with Gasteiger partial charge >= 0.3 is 6.18 Å². The SMILES string of the molecule is Cc1cc(C)c(C2CCCC(C(F)(F)F)N2)c(F)c1. The van der Waals surface area contributed by atoms with Gasteiger partial charge in [-0.2, -0.15) is 13.2 Å². The first kappa shape index (κ1) is 14.3. The van der Waals surface area contributed by atoms with Crippen molar-refractivity contribution in [3.8, 4) is 0 Å². The van der Waals surface area contributed by atoms with Gasteiger partial charge in [-0.3, -0.25) is 5.32 Å². The molecule has 1 N–H and O–H groups in total. The van der Waals surface area contributed by atoms with Gasteiger partial charge in [-0.05, 0) is 50.3 Å². The van der Waals surface area contributed by atoms with Gasteiger partial charge in [0, 0.05) is 11.6 Å². The molecule has 1 aromatic carbocycles. The zero-order valence-corrected chi connectivity index (χ0v) is 10.9. The summed E-state index contributed by atoms with van der Waals surface area (Å²) in [5.74, 6) is -0.419. The van der Waals surface area contributed by atoms with Crippen LogP contribution in [0.15, 0.2) is 12.1 Å². The van der Waals surface area contributed by atoms with E-state index >= 15 is 0 Å². The Labute approximate surface area is 110 Å². The molecule has 1 aliphatic heterocycles. The molecular formula is C14H17F4N. The summed E-state index contributed by atoms with van der Waals surface area (Å²) in [6, 6.07) is 1.09. The molecule has 2 rings (SSSR count). The van der Waals surface area contributed by atoms with E-state index in [2.05, 4.69) is 5.32 Å². The minimum atomic E-state index is -4.27. The second-order valence-electron chi connectivity index (χ2n) is 5.22. The second kappa shape index (κ2) is 5.12. The molecule has 19 heavy (non-hydrogen) atoms. The van der Waals surface area contributed by atoms with Crippen molar-refractivity contribution in [3.63, 3.8) is 0 Å². The molecule has 106 valence electrons. The fraction of sp³-hybridized carbons (Fsp3) is 0.571. The van der Waals surface area contributed by atoms with E-state index in [0.29, 0.717) is 24.0 Å². The van der Waals surface area contributed by atoms with Crippen LogP contribution in [0, 0.1) is 19.7 Å². The van der Waals surface area contributed by atoms with E-state index in [1.165, 1.54) is 6.07 Å². The van der Waals surface area contributed by atoms with E-state index < -0.39 is 24.1 Å². The van der Waals surface area contributed by atoms with E-state index in [1.54, 1.807) is 19.9 Å². The van der Waals surface area contributed by atoms with Crippen LogP contribution in [0.25, 0.3) is 0 Å². The third-order valence-electron chi connectivity index (χ3n) is 3.61. The number of nitrogens with one attached hydrogen (secondary N) is 1. The number of aryl methyl sites for hydroxylation is 2. The van der Waals surface area contributed by atoms with Gasteiger partial charge in [0.1, 0.15) is 11.9 Å². The van der Waals surface area contributed by atoms with Gasteiger partial charge < -0.3 is 0 Å². The summed E-state index contributed by atoms with van der Waals surface area (Å²) in [6.45, 7) is 3.51. The fourth-order valence-electron chi connectivity index (χ4n) is 2.79. The normalized spacial score (nSPS) is 24.5. The van der Waals surface area contributed by atoms with E-state index in [1.807, 2.05) is 0 Å². The van der Waals surface area contributed by atoms with Crippen LogP contribution >= 0.6 is 0 Å². The Morgan fingerprint density at radius 3 is 2.42 bits per heavy atom. The lowest BCUT2D eigenvalue weighted by atomic mass is 9.90. The summed E-state index contributed by atoms with van der Waals surface area (Å²) in [5, 5.41) is 2.55. The Bertz CT molecular complexity index is 444. The van der Waals surface area contributed by atoms with Gasteiger partial charge in [0.15, 0.2) is 0 Å². The highest BCUT2D eigenvalue weighted by Gasteiger charge is 2.42. The van der Waals surface area contributed by atoms with E-state index in [-0.39, 0.29) is 6.42 Å². The van der Waals surface area contributed by atoms with Gasteiger partial charge in [-0.15, -0.1) is 0 Å². The molecule has 1 aliphatic rings. The summed E-state index contributed by atoms with van der Waals surface area (Å²) in [7, 11) is 0. The van der Waals surface area contributed by atoms with E-state index in [4.69, 9.17) is 0 Å². The molecule has 0 saturated carbocycles. The maximum atomic E-state index is 14.0. The Kier molecular flexibility index (Phi) is 3.85. The molecule has 1 saturated heterocycles. The molecule has 0 bridgehead atoms. The highest BCUT2D eigenvalue weighted by Crippen LogP contribution is 2.35. The molecule has 2 atom stereocenters. The first-order valence-electron chi connectivity index (χ1n) is 6.38. The molecule has 5 heteroatoms. The van der Waals surface area contributed by atoms with Crippen LogP contribution < -0.4 is 5.32 Å². The predicted octanol–water partition coefficient (Wildman–Crippen LogP) is 4.19. The third-order valence-corrected chi connectivity index (χ3v) is 3.61. The van der Waals surface area contributed by atoms with Crippen LogP contribution in [0.5, 0.6) is 0 Å². The molecule has 0 spiro atoms. The fourth-order valence-corrected chi connectivity index (χ4v) is 2.79. The van der Waals surface area contributed by atoms with Crippen LogP contribution in [-0.4, -0.2) is 12.2 Å². The minimum Gasteiger partial charge on any atom is -0.299 e. The van der Waals surface area contributed by atoms with Crippen molar-refractivity contribution in [2.24, 2.45) is 0 Å². The van der Waals surface area contributed by atoms with Crippen molar-refractivity contribution >= 4 is 0 Å². The zero-order valence-electron chi connectivity index (χ0n) is 10.9. The monoisotopic (exact) mass is 275 g/mol. The average molecular weight is 275 g/mol. The van der Waals surface area contributed by atoms with Gasteiger partial charge in [-0.25, -0.2) is 4.39 Å². The third kappa shape index (κ3) is 3.08. The minimum absolute atomic E-state index is 0.0620. The predicted molar refractivity (Wildman–Crippen MR) is 65.4 cm³/mol. The van der Waals surface area contributed by atoms with Gasteiger partial charge in [0.2, 0.25) is 0 Å². The van der Waals surface area contributed by atoms with Crippen molar-refractivity contribution in [1.82, 2.24) is 5.32 Å². The van der Waals surface area contributed by atoms with Crippen LogP contribution in [0.3, 0.4) is 0 Å². The standard InChI is InChI=1S/C14H17F4N/c1-8-6-9(2)13(10(15)7-8)11-4-3-5-12(19-11)14(16,17)18/h6-7,11-12,19H,3-5H2,1-2H3. The van der Waals surface area contributed by atoms with Crippen LogP contribution in [0.2, 0.25) is 0 Å². The number of halogens is 4. The number of rotatable bonds is 1. The second-order valence-corrected chi connectivity index (χ2v) is 5.22. The quantitative estimate of drug-likeness (QED) is 0.758. The molecule has 1 nitrogen and oxygen atoms in total. The maximum Gasteiger partial charge on any atom is 0.403 e. The average Bonchev–Trinajstić information content (AvgIpc) is 2.26. The molecule has 0 aliphatic carbocycles. The summed E-state index contributed by atoms with van der Waals surface area (Å²) in [6.07, 6.45) is -3.22. The summed E-state index contributed by atoms with van der Waals surface area (Å²) >= 11 is 0. The number of hydrogen-bond acceptors (Lipinski definition) is 1. The molecular weight excluding hydrogens is 258 g/mol. The van der Waals surface area contributed by atoms with Crippen LogP contribution in [0.1, 0.15) is 42.0 Å². The number of hydrogen-bond donors (Lipinski definition) is 1.